The lowest BCUT2D eigenvalue weighted by atomic mass is 9.76. The number of halogens is 1. The van der Waals surface area contributed by atoms with Crippen LogP contribution in [-0.2, 0) is 115 Å². The largest absolute Gasteiger partial charge is 0.495 e. The number of esters is 1. The number of anilines is 1. The van der Waals surface area contributed by atoms with Crippen LogP contribution in [0.1, 0.15) is 118 Å². The molecule has 0 spiro atoms. The lowest BCUT2D eigenvalue weighted by Crippen LogP contribution is -2.53. The summed E-state index contributed by atoms with van der Waals surface area (Å²) in [6.07, 6.45) is 1.16. The summed E-state index contributed by atoms with van der Waals surface area (Å²) < 4.78 is 84.2. The molecule has 4 heterocycles. The van der Waals surface area contributed by atoms with Crippen molar-refractivity contribution in [2.75, 3.05) is 144 Å². The summed E-state index contributed by atoms with van der Waals surface area (Å²) in [5.74, 6) is -2.69. The number of cyclic esters (lactones) is 1. The minimum Gasteiger partial charge on any atom is -0.495 e. The first-order chi connectivity index (χ1) is 58.0. The fourth-order valence-electron chi connectivity index (χ4n) is 15.0. The van der Waals surface area contributed by atoms with Gasteiger partial charge in [0, 0.05) is 46.9 Å². The monoisotopic (exact) mass is 1640 g/mol. The molecule has 3 aliphatic rings. The van der Waals surface area contributed by atoms with E-state index < -0.39 is 70.4 Å². The van der Waals surface area contributed by atoms with Gasteiger partial charge >= 0.3 is 12.1 Å². The van der Waals surface area contributed by atoms with Gasteiger partial charge in [-0.1, -0.05) is 139 Å². The van der Waals surface area contributed by atoms with Crippen LogP contribution in [0.2, 0.25) is 0 Å². The van der Waals surface area contributed by atoms with Gasteiger partial charge in [-0.05, 0) is 127 Å². The number of nitrogens with zero attached hydrogens (tertiary/aromatic N) is 5. The summed E-state index contributed by atoms with van der Waals surface area (Å²) in [6.45, 7) is 12.2. The number of ether oxygens (including phenoxy) is 12. The van der Waals surface area contributed by atoms with Gasteiger partial charge in [0.1, 0.15) is 36.9 Å². The number of benzene rings is 6. The van der Waals surface area contributed by atoms with Gasteiger partial charge < -0.3 is 87.8 Å². The van der Waals surface area contributed by atoms with E-state index in [9.17, 15) is 29.1 Å². The number of methoxy groups -OCH3 is 1. The summed E-state index contributed by atoms with van der Waals surface area (Å²) in [5, 5.41) is 31.6. The Bertz CT molecular complexity index is 4750. The Kier molecular flexibility index (Phi) is 34.2. The van der Waals surface area contributed by atoms with Crippen molar-refractivity contribution in [1.82, 2.24) is 30.8 Å². The van der Waals surface area contributed by atoms with Gasteiger partial charge in [-0.15, -0.1) is 0 Å². The minimum absolute atomic E-state index is 0.0439. The third-order valence-electron chi connectivity index (χ3n) is 21.2. The van der Waals surface area contributed by atoms with E-state index in [4.69, 9.17) is 67.4 Å². The number of aromatic nitrogens is 2. The molecule has 2 aromatic heterocycles. The molecule has 634 valence electrons. The normalized spacial score (nSPS) is 15.0. The highest BCUT2D eigenvalue weighted by Crippen LogP contribution is 2.47. The second-order valence-corrected chi connectivity index (χ2v) is 29.0. The number of pyridine rings is 2. The number of hydrogen-bond donors (Lipinski definition) is 6. The van der Waals surface area contributed by atoms with Crippen LogP contribution in [0.3, 0.4) is 0 Å². The van der Waals surface area contributed by atoms with Gasteiger partial charge in [0.2, 0.25) is 17.7 Å². The minimum atomic E-state index is -2.07. The van der Waals surface area contributed by atoms with Gasteiger partial charge in [0.25, 0.3) is 5.56 Å². The lowest BCUT2D eigenvalue weighted by molar-refractivity contribution is -0.172. The molecule has 0 saturated carbocycles. The quantitative estimate of drug-likeness (QED) is 0.00515. The number of hydrogen-bond acceptors (Lipinski definition) is 22. The SMILES string of the molecule is CC[C@@]1(O)C(=O)OCc2c1cc1n(c2=O)Cc2c-1nc1cc(F)c(C)c3c1c2[C@@H](NC(=O)OCc1ccc(NC(=O)[C@H](CCCCNC(c2ccccc2)(c2ccccc2)c2ccc(C)cc2)NC(=O)[C@H](Cc2ccccc2)NC(=O)CCOCCOCCOCCOCCOCCOCCOCCOCCOCCN=[N+]=[N-])c(OC)c1)CC3. The van der Waals surface area contributed by atoms with Crippen molar-refractivity contribution in [1.29, 1.82) is 0 Å². The zero-order chi connectivity index (χ0) is 83.8. The molecule has 4 amide bonds. The van der Waals surface area contributed by atoms with Crippen molar-refractivity contribution in [2.24, 2.45) is 5.11 Å². The highest BCUT2D eigenvalue weighted by atomic mass is 19.1. The van der Waals surface area contributed by atoms with Crippen LogP contribution >= 0.6 is 0 Å². The van der Waals surface area contributed by atoms with Crippen LogP contribution in [0, 0.1) is 19.7 Å². The smallest absolute Gasteiger partial charge is 0.407 e. The molecular formula is C89H107FN10O19. The van der Waals surface area contributed by atoms with Gasteiger partial charge in [-0.2, -0.15) is 0 Å². The molecule has 11 rings (SSSR count). The molecule has 6 N–H and O–H groups in total. The first-order valence-corrected chi connectivity index (χ1v) is 40.5. The summed E-state index contributed by atoms with van der Waals surface area (Å²) in [6, 6.07) is 43.1. The van der Waals surface area contributed by atoms with Crippen LogP contribution in [0.25, 0.3) is 32.7 Å². The van der Waals surface area contributed by atoms with E-state index in [1.807, 2.05) is 66.7 Å². The van der Waals surface area contributed by atoms with E-state index in [2.05, 4.69) is 92.1 Å². The predicted molar refractivity (Wildman–Crippen MR) is 441 cm³/mol. The third kappa shape index (κ3) is 23.9. The van der Waals surface area contributed by atoms with E-state index >= 15 is 9.18 Å². The van der Waals surface area contributed by atoms with E-state index in [1.54, 1.807) is 38.1 Å². The molecule has 0 fully saturated rings. The first kappa shape index (κ1) is 89.2. The maximum atomic E-state index is 15.7. The second-order valence-electron chi connectivity index (χ2n) is 29.0. The van der Waals surface area contributed by atoms with Crippen molar-refractivity contribution in [3.05, 3.63) is 239 Å². The molecule has 1 aliphatic carbocycles. The van der Waals surface area contributed by atoms with E-state index in [0.717, 1.165) is 33.4 Å². The predicted octanol–water partition coefficient (Wildman–Crippen LogP) is 10.5. The van der Waals surface area contributed by atoms with Crippen molar-refractivity contribution in [3.8, 4) is 17.1 Å². The Hall–Kier alpha value is -10.6. The Balaban J connectivity index is 0.683. The molecule has 8 aromatic rings. The Morgan fingerprint density at radius 1 is 0.672 bits per heavy atom. The maximum absolute atomic E-state index is 15.7. The van der Waals surface area contributed by atoms with E-state index in [1.165, 1.54) is 17.7 Å². The summed E-state index contributed by atoms with van der Waals surface area (Å²) in [7, 11) is 1.44. The van der Waals surface area contributed by atoms with Gasteiger partial charge in [-0.3, -0.25) is 24.5 Å². The molecule has 0 radical (unpaired) electrons. The number of azide groups is 1. The number of rotatable bonds is 51. The molecule has 0 bridgehead atoms. The first-order valence-electron chi connectivity index (χ1n) is 40.5. The average molecular weight is 1640 g/mol. The van der Waals surface area contributed by atoms with Crippen LogP contribution in [0.5, 0.6) is 5.75 Å². The van der Waals surface area contributed by atoms with Gasteiger partial charge in [0.05, 0.1) is 172 Å². The third-order valence-corrected chi connectivity index (χ3v) is 21.2. The number of unbranched alkanes of at least 4 members (excludes halogenated alkanes) is 1. The molecule has 0 unspecified atom stereocenters. The van der Waals surface area contributed by atoms with Gasteiger partial charge in [0.15, 0.2) is 5.60 Å². The summed E-state index contributed by atoms with van der Waals surface area (Å²) >= 11 is 0. The highest BCUT2D eigenvalue weighted by Gasteiger charge is 2.46. The molecule has 30 heteroatoms. The molecule has 2 aliphatic heterocycles. The molecular weight excluding hydrogens is 1530 g/mol. The zero-order valence-electron chi connectivity index (χ0n) is 67.9. The second kappa shape index (κ2) is 45.6. The number of amides is 4. The number of fused-ring (bicyclic) bond motifs is 5. The number of nitrogens with one attached hydrogen (secondary N) is 5. The Morgan fingerprint density at radius 2 is 1.24 bits per heavy atom. The average Bonchev–Trinajstić information content (AvgIpc) is 1.57. The topological polar surface area (TPSA) is 360 Å². The summed E-state index contributed by atoms with van der Waals surface area (Å²) in [5.41, 5.74) is 14.5. The molecule has 119 heavy (non-hydrogen) atoms. The van der Waals surface area contributed by atoms with Crippen molar-refractivity contribution in [3.63, 3.8) is 0 Å². The van der Waals surface area contributed by atoms with Gasteiger partial charge in [-0.25, -0.2) is 19.0 Å². The number of carbonyl (C=O) groups excluding carboxylic acids is 5. The van der Waals surface area contributed by atoms with Crippen molar-refractivity contribution < 1.29 is 90.3 Å². The van der Waals surface area contributed by atoms with Crippen LogP contribution in [0.4, 0.5) is 14.9 Å². The molecule has 4 atom stereocenters. The van der Waals surface area contributed by atoms with E-state index in [-0.39, 0.29) is 87.8 Å². The zero-order valence-corrected chi connectivity index (χ0v) is 67.9. The fraction of sp³-hybridized carbons (Fsp3) is 0.449. The maximum Gasteiger partial charge on any atom is 0.407 e. The van der Waals surface area contributed by atoms with Crippen LogP contribution in [-0.4, -0.2) is 196 Å². The molecule has 0 saturated heterocycles. The van der Waals surface area contributed by atoms with E-state index in [0.29, 0.717) is 182 Å². The molecule has 6 aromatic carbocycles. The van der Waals surface area contributed by atoms with Crippen molar-refractivity contribution in [2.45, 2.75) is 121 Å². The Morgan fingerprint density at radius 3 is 1.82 bits per heavy atom. The number of aryl methyl sites for hydroxylation is 2. The number of alkyl carbamates (subject to hydrolysis) is 1. The Labute approximate surface area is 691 Å². The summed E-state index contributed by atoms with van der Waals surface area (Å²) in [4.78, 5) is 92.7. The molecule has 29 nitrogen and oxygen atoms in total. The highest BCUT2D eigenvalue weighted by molar-refractivity contribution is 5.99. The van der Waals surface area contributed by atoms with Crippen LogP contribution in [0.15, 0.2) is 156 Å². The van der Waals surface area contributed by atoms with Crippen LogP contribution < -0.4 is 36.9 Å². The van der Waals surface area contributed by atoms with Crippen molar-refractivity contribution >= 4 is 46.4 Å². The number of carbonyl (C=O) groups is 5. The fourth-order valence-corrected chi connectivity index (χ4v) is 15.0. The number of aliphatic hydroxyl groups is 1. The standard InChI is InChI=1S/C89H107FN10O19/c1-5-88(107)70-55-77-82-68(57-100(77)85(104)69(70)59-118-86(88)105)81-73(31-29-67-61(3)71(90)56-75(95-82)80(67)81)98-87(106)119-58-63-26-30-72(78(54-63)108-4)96-83(102)74(23-15-16-33-92-89(64-19-11-7-12-20-64,65-21-13-8-14-22-65)66-27-24-60(2)25-28-66)97-84(103)76(53-62-17-9-6-10-18-62)94-79(101)32-35-109-37-39-111-41-43-113-45-47-115-49-51-117-52-50-116-48-46-114-44-42-112-40-38-110-36-34-93-99-91/h6-14,17-22,24-28,30,54-56,73-74,76,92,107H,5,15-16,23,29,31-53,57-59H2,1-4H3,(H,94,101)(H,96,102)(H,97,103)(H,98,106)/t73-,74-,76-,88-/m0/s1. The lowest BCUT2D eigenvalue weighted by Gasteiger charge is -2.37.